The summed E-state index contributed by atoms with van der Waals surface area (Å²) in [7, 11) is 1.29. The summed E-state index contributed by atoms with van der Waals surface area (Å²) in [6.45, 7) is 2.31. The highest BCUT2D eigenvalue weighted by Gasteiger charge is 2.19. The summed E-state index contributed by atoms with van der Waals surface area (Å²) < 4.78 is 4.58. The Hall–Kier alpha value is -1.75. The molecule has 1 rings (SSSR count). The lowest BCUT2D eigenvalue weighted by Crippen LogP contribution is -2.36. The van der Waals surface area contributed by atoms with Crippen LogP contribution in [0, 0.1) is 0 Å². The number of ether oxygens (including phenoxy) is 1. The predicted octanol–water partition coefficient (Wildman–Crippen LogP) is 1.95. The van der Waals surface area contributed by atoms with Crippen molar-refractivity contribution in [3.05, 3.63) is 28.8 Å². The fourth-order valence-corrected chi connectivity index (χ4v) is 1.77. The molecule has 5 nitrogen and oxygen atoms in total. The number of methoxy groups -OCH3 is 1. The van der Waals surface area contributed by atoms with Crippen molar-refractivity contribution in [1.82, 2.24) is 4.90 Å². The number of rotatable bonds is 5. The maximum absolute atomic E-state index is 12.3. The molecule has 0 saturated carbocycles. The van der Waals surface area contributed by atoms with Gasteiger partial charge in [0.05, 0.1) is 17.8 Å². The zero-order valence-corrected chi connectivity index (χ0v) is 11.7. The molecule has 104 valence electrons. The lowest BCUT2D eigenvalue weighted by Gasteiger charge is -2.21. The van der Waals surface area contributed by atoms with Crippen molar-refractivity contribution in [1.29, 1.82) is 0 Å². The molecule has 0 aliphatic heterocycles. The Morgan fingerprint density at radius 1 is 1.42 bits per heavy atom. The molecule has 0 aliphatic rings. The second-order valence-corrected chi connectivity index (χ2v) is 4.45. The summed E-state index contributed by atoms with van der Waals surface area (Å²) in [5, 5.41) is 0.320. The molecule has 19 heavy (non-hydrogen) atoms. The van der Waals surface area contributed by atoms with Crippen molar-refractivity contribution < 1.29 is 14.3 Å². The van der Waals surface area contributed by atoms with Gasteiger partial charge in [0.15, 0.2) is 0 Å². The van der Waals surface area contributed by atoms with E-state index in [1.807, 2.05) is 6.92 Å². The summed E-state index contributed by atoms with van der Waals surface area (Å²) in [5.74, 6) is -0.725. The summed E-state index contributed by atoms with van der Waals surface area (Å²) in [4.78, 5) is 25.0. The van der Waals surface area contributed by atoms with Crippen molar-refractivity contribution in [2.24, 2.45) is 0 Å². The van der Waals surface area contributed by atoms with Crippen LogP contribution in [0.15, 0.2) is 18.2 Å². The smallest absolute Gasteiger partial charge is 0.325 e. The molecule has 2 N–H and O–H groups in total. The van der Waals surface area contributed by atoms with E-state index in [9.17, 15) is 9.59 Å². The van der Waals surface area contributed by atoms with Crippen LogP contribution in [0.25, 0.3) is 0 Å². The first-order valence-electron chi connectivity index (χ1n) is 5.90. The van der Waals surface area contributed by atoms with Crippen LogP contribution in [0.2, 0.25) is 5.02 Å². The van der Waals surface area contributed by atoms with Crippen molar-refractivity contribution in [2.45, 2.75) is 13.3 Å². The molecule has 1 amide bonds. The molecule has 0 saturated heterocycles. The minimum absolute atomic E-state index is 0.0782. The van der Waals surface area contributed by atoms with Gasteiger partial charge in [-0.1, -0.05) is 18.5 Å². The number of benzene rings is 1. The molecule has 0 bridgehead atoms. The Bertz CT molecular complexity index is 477. The molecule has 0 aromatic heterocycles. The summed E-state index contributed by atoms with van der Waals surface area (Å²) in [6, 6.07) is 4.65. The lowest BCUT2D eigenvalue weighted by molar-refractivity contribution is -0.141. The highest BCUT2D eigenvalue weighted by atomic mass is 35.5. The van der Waals surface area contributed by atoms with Gasteiger partial charge in [0.25, 0.3) is 5.91 Å². The van der Waals surface area contributed by atoms with Crippen LogP contribution in [0.1, 0.15) is 23.7 Å². The number of nitrogens with two attached hydrogens (primary N) is 1. The molecule has 1 aromatic carbocycles. The molecule has 0 aliphatic carbocycles. The van der Waals surface area contributed by atoms with Gasteiger partial charge in [-0.25, -0.2) is 0 Å². The van der Waals surface area contributed by atoms with Gasteiger partial charge in [0.2, 0.25) is 0 Å². The Kier molecular flexibility index (Phi) is 5.63. The molecular weight excluding hydrogens is 268 g/mol. The highest BCUT2D eigenvalue weighted by Crippen LogP contribution is 2.20. The highest BCUT2D eigenvalue weighted by molar-refractivity contribution is 6.33. The number of nitrogen functional groups attached to an aromatic ring is 1. The summed E-state index contributed by atoms with van der Waals surface area (Å²) in [6.07, 6.45) is 0.742. The number of nitrogens with zero attached hydrogens (tertiary/aromatic N) is 1. The van der Waals surface area contributed by atoms with E-state index in [4.69, 9.17) is 17.3 Å². The largest absolute Gasteiger partial charge is 0.468 e. The molecular formula is C13H17ClN2O3. The van der Waals surface area contributed by atoms with E-state index in [1.165, 1.54) is 18.1 Å². The van der Waals surface area contributed by atoms with E-state index in [1.54, 1.807) is 12.1 Å². The van der Waals surface area contributed by atoms with Gasteiger partial charge >= 0.3 is 5.97 Å². The van der Waals surface area contributed by atoms with Gasteiger partial charge in [-0.05, 0) is 24.6 Å². The molecule has 0 fully saturated rings. The zero-order chi connectivity index (χ0) is 14.4. The molecule has 0 heterocycles. The molecule has 0 atom stereocenters. The minimum Gasteiger partial charge on any atom is -0.468 e. The lowest BCUT2D eigenvalue weighted by atomic mass is 10.1. The van der Waals surface area contributed by atoms with Crippen molar-refractivity contribution in [2.75, 3.05) is 25.9 Å². The molecule has 6 heteroatoms. The SMILES string of the molecule is CCCN(CC(=O)OC)C(=O)c1ccc(N)c(Cl)c1. The quantitative estimate of drug-likeness (QED) is 0.662. The summed E-state index contributed by atoms with van der Waals surface area (Å²) >= 11 is 5.89. The van der Waals surface area contributed by atoms with Crippen LogP contribution in [0.5, 0.6) is 0 Å². The first kappa shape index (κ1) is 15.3. The number of halogens is 1. The molecule has 1 aromatic rings. The van der Waals surface area contributed by atoms with Gasteiger partial charge in [-0.3, -0.25) is 9.59 Å². The number of anilines is 1. The van der Waals surface area contributed by atoms with E-state index in [0.29, 0.717) is 22.8 Å². The Morgan fingerprint density at radius 3 is 2.63 bits per heavy atom. The number of hydrogen-bond acceptors (Lipinski definition) is 4. The Balaban J connectivity index is 2.91. The van der Waals surface area contributed by atoms with Crippen LogP contribution in [0.4, 0.5) is 5.69 Å². The fourth-order valence-electron chi connectivity index (χ4n) is 1.59. The standard InChI is InChI=1S/C13H17ClN2O3/c1-3-6-16(8-12(17)19-2)13(18)9-4-5-11(15)10(14)7-9/h4-5,7H,3,6,8,15H2,1-2H3. The monoisotopic (exact) mass is 284 g/mol. The van der Waals surface area contributed by atoms with Crippen LogP contribution >= 0.6 is 11.6 Å². The normalized spacial score (nSPS) is 10.1. The first-order valence-corrected chi connectivity index (χ1v) is 6.28. The third-order valence-electron chi connectivity index (χ3n) is 2.58. The van der Waals surface area contributed by atoms with E-state index in [2.05, 4.69) is 4.74 Å². The van der Waals surface area contributed by atoms with Crippen molar-refractivity contribution >= 4 is 29.2 Å². The van der Waals surface area contributed by atoms with Gasteiger partial charge in [0, 0.05) is 12.1 Å². The zero-order valence-electron chi connectivity index (χ0n) is 11.0. The molecule has 0 spiro atoms. The van der Waals surface area contributed by atoms with Crippen LogP contribution in [-0.4, -0.2) is 37.0 Å². The van der Waals surface area contributed by atoms with E-state index in [0.717, 1.165) is 6.42 Å². The average Bonchev–Trinajstić information content (AvgIpc) is 2.40. The van der Waals surface area contributed by atoms with Gasteiger partial charge in [-0.2, -0.15) is 0 Å². The van der Waals surface area contributed by atoms with E-state index in [-0.39, 0.29) is 12.5 Å². The third kappa shape index (κ3) is 4.13. The number of hydrogen-bond donors (Lipinski definition) is 1. The Labute approximate surface area is 117 Å². The third-order valence-corrected chi connectivity index (χ3v) is 2.90. The minimum atomic E-state index is -0.455. The van der Waals surface area contributed by atoms with E-state index >= 15 is 0 Å². The first-order chi connectivity index (χ1) is 8.99. The molecule has 0 radical (unpaired) electrons. The average molecular weight is 285 g/mol. The van der Waals surface area contributed by atoms with Crippen LogP contribution < -0.4 is 5.73 Å². The van der Waals surface area contributed by atoms with Crippen molar-refractivity contribution in [3.8, 4) is 0 Å². The second kappa shape index (κ2) is 6.99. The Morgan fingerprint density at radius 2 is 2.11 bits per heavy atom. The fraction of sp³-hybridized carbons (Fsp3) is 0.385. The van der Waals surface area contributed by atoms with Gasteiger partial charge in [-0.15, -0.1) is 0 Å². The van der Waals surface area contributed by atoms with Crippen LogP contribution in [0.3, 0.4) is 0 Å². The second-order valence-electron chi connectivity index (χ2n) is 4.04. The van der Waals surface area contributed by atoms with Crippen molar-refractivity contribution in [3.63, 3.8) is 0 Å². The number of carbonyl (C=O) groups is 2. The number of esters is 1. The number of carbonyl (C=O) groups excluding carboxylic acids is 2. The maximum atomic E-state index is 12.3. The van der Waals surface area contributed by atoms with Crippen LogP contribution in [-0.2, 0) is 9.53 Å². The van der Waals surface area contributed by atoms with Gasteiger partial charge < -0.3 is 15.4 Å². The topological polar surface area (TPSA) is 72.6 Å². The number of amides is 1. The summed E-state index contributed by atoms with van der Waals surface area (Å²) in [5.41, 5.74) is 6.40. The maximum Gasteiger partial charge on any atom is 0.325 e. The molecule has 0 unspecified atom stereocenters. The van der Waals surface area contributed by atoms with E-state index < -0.39 is 5.97 Å². The predicted molar refractivity (Wildman–Crippen MR) is 74.1 cm³/mol. The van der Waals surface area contributed by atoms with Gasteiger partial charge in [0.1, 0.15) is 6.54 Å².